The number of amides is 1. The predicted molar refractivity (Wildman–Crippen MR) is 136 cm³/mol. The van der Waals surface area contributed by atoms with Gasteiger partial charge in [0.25, 0.3) is 5.91 Å². The Kier molecular flexibility index (Phi) is 6.88. The lowest BCUT2D eigenvalue weighted by atomic mass is 9.86. The largest absolute Gasteiger partial charge is 0.495 e. The number of methoxy groups -OCH3 is 2. The van der Waals surface area contributed by atoms with Crippen LogP contribution in [0.3, 0.4) is 0 Å². The lowest BCUT2D eigenvalue weighted by Gasteiger charge is -2.22. The fourth-order valence-electron chi connectivity index (χ4n) is 3.77. The molecule has 0 radical (unpaired) electrons. The van der Waals surface area contributed by atoms with Crippen molar-refractivity contribution in [3.8, 4) is 11.5 Å². The number of nitrogens with zero attached hydrogens (tertiary/aromatic N) is 4. The van der Waals surface area contributed by atoms with Gasteiger partial charge in [0.15, 0.2) is 5.13 Å². The summed E-state index contributed by atoms with van der Waals surface area (Å²) in [5.74, 6) is 1.28. The molecule has 2 aromatic carbocycles. The van der Waals surface area contributed by atoms with Crippen molar-refractivity contribution in [3.05, 3.63) is 66.2 Å². The number of fused-ring (bicyclic) bond motifs is 1. The first-order valence-electron chi connectivity index (χ1n) is 11.2. The number of aromatic nitrogens is 3. The molecule has 0 atom stereocenters. The Labute approximate surface area is 204 Å². The first kappa shape index (κ1) is 23.8. The van der Waals surface area contributed by atoms with Crippen molar-refractivity contribution in [2.24, 2.45) is 0 Å². The molecule has 0 N–H and O–H groups in total. The summed E-state index contributed by atoms with van der Waals surface area (Å²) < 4.78 is 13.9. The topological polar surface area (TPSA) is 69.5 Å². The Balaban J connectivity index is 1.69. The Morgan fingerprint density at radius 3 is 2.38 bits per heavy atom. The molecule has 7 nitrogen and oxygen atoms in total. The molecule has 0 spiro atoms. The van der Waals surface area contributed by atoms with E-state index in [0.29, 0.717) is 34.3 Å². The fourth-order valence-corrected chi connectivity index (χ4v) is 4.87. The van der Waals surface area contributed by atoms with Gasteiger partial charge in [-0.25, -0.2) is 9.97 Å². The van der Waals surface area contributed by atoms with Crippen LogP contribution >= 0.6 is 11.3 Å². The van der Waals surface area contributed by atoms with Gasteiger partial charge in [-0.05, 0) is 41.7 Å². The average Bonchev–Trinajstić information content (AvgIpc) is 3.50. The highest BCUT2D eigenvalue weighted by Gasteiger charge is 2.24. The minimum atomic E-state index is -0.0805. The molecule has 0 saturated carbocycles. The van der Waals surface area contributed by atoms with Crippen molar-refractivity contribution < 1.29 is 14.3 Å². The number of rotatable bonds is 8. The molecule has 1 amide bonds. The lowest BCUT2D eigenvalue weighted by Crippen LogP contribution is -2.32. The quantitative estimate of drug-likeness (QED) is 0.332. The fraction of sp³-hybridized carbons (Fsp3) is 0.346. The normalized spacial score (nSPS) is 11.6. The number of carbonyl (C=O) groups is 1. The van der Waals surface area contributed by atoms with E-state index in [1.807, 2.05) is 47.2 Å². The maximum atomic E-state index is 13.7. The van der Waals surface area contributed by atoms with Crippen LogP contribution in [0.1, 0.15) is 43.1 Å². The van der Waals surface area contributed by atoms with Crippen molar-refractivity contribution in [2.45, 2.75) is 39.2 Å². The molecule has 4 rings (SSSR count). The number of aryl methyl sites for hydroxylation is 1. The van der Waals surface area contributed by atoms with E-state index in [1.165, 1.54) is 16.9 Å². The zero-order valence-corrected chi connectivity index (χ0v) is 21.1. The smallest absolute Gasteiger partial charge is 0.260 e. The van der Waals surface area contributed by atoms with E-state index in [1.54, 1.807) is 31.6 Å². The van der Waals surface area contributed by atoms with E-state index < -0.39 is 0 Å². The van der Waals surface area contributed by atoms with Gasteiger partial charge in [-0.3, -0.25) is 9.69 Å². The minimum Gasteiger partial charge on any atom is -0.495 e. The number of ether oxygens (including phenoxy) is 2. The molecule has 2 heterocycles. The third-order valence-electron chi connectivity index (χ3n) is 5.73. The van der Waals surface area contributed by atoms with Gasteiger partial charge in [0, 0.05) is 31.0 Å². The van der Waals surface area contributed by atoms with Crippen LogP contribution in [0.2, 0.25) is 0 Å². The summed E-state index contributed by atoms with van der Waals surface area (Å²) in [5, 5.41) is 0.619. The second-order valence-electron chi connectivity index (χ2n) is 9.08. The van der Waals surface area contributed by atoms with Gasteiger partial charge < -0.3 is 14.0 Å². The number of carbonyl (C=O) groups excluding carboxylic acids is 1. The summed E-state index contributed by atoms with van der Waals surface area (Å²) in [6.45, 7) is 7.75. The van der Waals surface area contributed by atoms with E-state index in [4.69, 9.17) is 14.5 Å². The van der Waals surface area contributed by atoms with Crippen LogP contribution < -0.4 is 14.4 Å². The average molecular weight is 479 g/mol. The molecule has 34 heavy (non-hydrogen) atoms. The molecule has 178 valence electrons. The first-order chi connectivity index (χ1) is 16.3. The van der Waals surface area contributed by atoms with Crippen molar-refractivity contribution in [2.75, 3.05) is 25.7 Å². The molecule has 0 fully saturated rings. The molecule has 0 aliphatic carbocycles. The lowest BCUT2D eigenvalue weighted by molar-refractivity contribution is 0.0986. The van der Waals surface area contributed by atoms with Gasteiger partial charge in [-0.15, -0.1) is 0 Å². The molecule has 0 aliphatic rings. The third kappa shape index (κ3) is 4.92. The molecular formula is C26H30N4O3S. The molecule has 8 heteroatoms. The summed E-state index contributed by atoms with van der Waals surface area (Å²) in [7, 11) is 3.25. The maximum absolute atomic E-state index is 13.7. The highest BCUT2D eigenvalue weighted by molar-refractivity contribution is 7.22. The molecule has 0 unspecified atom stereocenters. The van der Waals surface area contributed by atoms with Gasteiger partial charge >= 0.3 is 0 Å². The number of hydrogen-bond donors (Lipinski definition) is 0. The van der Waals surface area contributed by atoms with E-state index in [2.05, 4.69) is 25.8 Å². The monoisotopic (exact) mass is 478 g/mol. The van der Waals surface area contributed by atoms with Gasteiger partial charge in [0.1, 0.15) is 21.7 Å². The van der Waals surface area contributed by atoms with Gasteiger partial charge in [-0.1, -0.05) is 44.2 Å². The van der Waals surface area contributed by atoms with Crippen molar-refractivity contribution in [1.29, 1.82) is 0 Å². The molecule has 4 aromatic rings. The number of imidazole rings is 1. The molecule has 0 aliphatic heterocycles. The van der Waals surface area contributed by atoms with Crippen LogP contribution in [-0.4, -0.2) is 41.2 Å². The van der Waals surface area contributed by atoms with Crippen LogP contribution in [-0.2, 0) is 12.0 Å². The summed E-state index contributed by atoms with van der Waals surface area (Å²) in [6, 6.07) is 11.6. The van der Waals surface area contributed by atoms with E-state index in [0.717, 1.165) is 17.7 Å². The second kappa shape index (κ2) is 9.85. The Morgan fingerprint density at radius 2 is 1.76 bits per heavy atom. The van der Waals surface area contributed by atoms with Crippen LogP contribution in [0.4, 0.5) is 5.13 Å². The van der Waals surface area contributed by atoms with Crippen LogP contribution in [0, 0.1) is 0 Å². The molecule has 0 saturated heterocycles. The van der Waals surface area contributed by atoms with Gasteiger partial charge in [-0.2, -0.15) is 0 Å². The summed E-state index contributed by atoms with van der Waals surface area (Å²) >= 11 is 1.43. The minimum absolute atomic E-state index is 0.0200. The molecule has 0 bridgehead atoms. The van der Waals surface area contributed by atoms with Crippen molar-refractivity contribution >= 4 is 32.6 Å². The predicted octanol–water partition coefficient (Wildman–Crippen LogP) is 5.54. The van der Waals surface area contributed by atoms with Crippen molar-refractivity contribution in [3.63, 3.8) is 0 Å². The number of anilines is 1. The van der Waals surface area contributed by atoms with E-state index in [9.17, 15) is 4.79 Å². The number of thiazole rings is 1. The molecular weight excluding hydrogens is 448 g/mol. The molecule has 2 aromatic heterocycles. The zero-order chi connectivity index (χ0) is 24.3. The maximum Gasteiger partial charge on any atom is 0.260 e. The van der Waals surface area contributed by atoms with Crippen LogP contribution in [0.25, 0.3) is 10.2 Å². The Morgan fingerprint density at radius 1 is 1.06 bits per heavy atom. The van der Waals surface area contributed by atoms with E-state index >= 15 is 0 Å². The zero-order valence-electron chi connectivity index (χ0n) is 20.2. The van der Waals surface area contributed by atoms with Gasteiger partial charge in [0.2, 0.25) is 0 Å². The summed E-state index contributed by atoms with van der Waals surface area (Å²) in [6.07, 6.45) is 6.22. The van der Waals surface area contributed by atoms with Crippen molar-refractivity contribution in [1.82, 2.24) is 14.5 Å². The summed E-state index contributed by atoms with van der Waals surface area (Å²) in [5.41, 5.74) is 2.53. The highest BCUT2D eigenvalue weighted by Crippen LogP contribution is 2.40. The summed E-state index contributed by atoms with van der Waals surface area (Å²) in [4.78, 5) is 24.4. The third-order valence-corrected chi connectivity index (χ3v) is 6.82. The van der Waals surface area contributed by atoms with Gasteiger partial charge in [0.05, 0.1) is 20.5 Å². The van der Waals surface area contributed by atoms with Crippen LogP contribution in [0.15, 0.2) is 55.1 Å². The standard InChI is InChI=1S/C26H30N4O3S/c1-26(2,3)19-9-7-18(8-10-19)24(31)30(15-6-14-29-16-13-27-17-29)25-28-22-20(32-4)11-12-21(33-5)23(22)34-25/h7-13,16-17H,6,14-15H2,1-5H3. The Bertz CT molecular complexity index is 1220. The second-order valence-corrected chi connectivity index (χ2v) is 10.1. The number of benzene rings is 2. The number of hydrogen-bond acceptors (Lipinski definition) is 6. The van der Waals surface area contributed by atoms with Crippen LogP contribution in [0.5, 0.6) is 11.5 Å². The first-order valence-corrected chi connectivity index (χ1v) is 12.0. The highest BCUT2D eigenvalue weighted by atomic mass is 32.1. The van der Waals surface area contributed by atoms with E-state index in [-0.39, 0.29) is 11.3 Å². The Hall–Kier alpha value is -3.39. The SMILES string of the molecule is COc1ccc(OC)c2sc(N(CCCn3ccnc3)C(=O)c3ccc(C(C)(C)C)cc3)nc12.